The molecule has 20 heavy (non-hydrogen) atoms. The molecule has 1 aliphatic carbocycles. The zero-order valence-corrected chi connectivity index (χ0v) is 13.4. The Balaban J connectivity index is 2.01. The lowest BCUT2D eigenvalue weighted by Gasteiger charge is -2.36. The Labute approximate surface area is 124 Å². The van der Waals surface area contributed by atoms with Gasteiger partial charge in [-0.15, -0.1) is 0 Å². The molecule has 0 aliphatic heterocycles. The molecule has 1 fully saturated rings. The van der Waals surface area contributed by atoms with Crippen LogP contribution in [0.4, 0.5) is 0 Å². The second-order valence-corrected chi connectivity index (χ2v) is 6.37. The number of benzene rings is 1. The highest BCUT2D eigenvalue weighted by molar-refractivity contribution is 5.27. The second-order valence-electron chi connectivity index (χ2n) is 6.37. The molecule has 0 amide bonds. The van der Waals surface area contributed by atoms with Crippen LogP contribution in [0, 0.1) is 5.92 Å². The van der Waals surface area contributed by atoms with Crippen LogP contribution in [0.1, 0.15) is 43.7 Å². The molecular weight excluding hydrogens is 244 g/mol. The van der Waals surface area contributed by atoms with Crippen LogP contribution in [0.25, 0.3) is 0 Å². The van der Waals surface area contributed by atoms with Crippen molar-refractivity contribution in [2.75, 3.05) is 20.6 Å². The van der Waals surface area contributed by atoms with Gasteiger partial charge in [-0.25, -0.2) is 0 Å². The third-order valence-electron chi connectivity index (χ3n) is 4.81. The Bertz CT molecular complexity index is 402. The molecule has 0 radical (unpaired) electrons. The fourth-order valence-electron chi connectivity index (χ4n) is 3.55. The average Bonchev–Trinajstić information content (AvgIpc) is 2.46. The van der Waals surface area contributed by atoms with Crippen LogP contribution in [0.5, 0.6) is 0 Å². The average molecular weight is 274 g/mol. The van der Waals surface area contributed by atoms with Crippen LogP contribution in [0.2, 0.25) is 0 Å². The zero-order chi connectivity index (χ0) is 14.4. The first-order valence-electron chi connectivity index (χ1n) is 8.14. The maximum atomic E-state index is 3.25. The van der Waals surface area contributed by atoms with Gasteiger partial charge >= 0.3 is 0 Å². The predicted octanol–water partition coefficient (Wildman–Crippen LogP) is 3.46. The van der Waals surface area contributed by atoms with Crippen molar-refractivity contribution in [1.82, 2.24) is 10.2 Å². The van der Waals surface area contributed by atoms with Crippen molar-refractivity contribution in [1.29, 1.82) is 0 Å². The van der Waals surface area contributed by atoms with Crippen molar-refractivity contribution in [2.45, 2.75) is 51.6 Å². The molecule has 2 rings (SSSR count). The van der Waals surface area contributed by atoms with Crippen molar-refractivity contribution in [3.8, 4) is 0 Å². The Kier molecular flexibility index (Phi) is 6.06. The van der Waals surface area contributed by atoms with Gasteiger partial charge in [-0.3, -0.25) is 4.90 Å². The summed E-state index contributed by atoms with van der Waals surface area (Å²) in [7, 11) is 4.33. The van der Waals surface area contributed by atoms with Crippen LogP contribution in [-0.4, -0.2) is 31.6 Å². The molecule has 112 valence electrons. The normalized spacial score (nSPS) is 23.2. The van der Waals surface area contributed by atoms with Gasteiger partial charge in [-0.05, 0) is 56.9 Å². The van der Waals surface area contributed by atoms with E-state index in [-0.39, 0.29) is 0 Å². The molecule has 0 bridgehead atoms. The summed E-state index contributed by atoms with van der Waals surface area (Å²) in [5.41, 5.74) is 3.00. The highest BCUT2D eigenvalue weighted by Crippen LogP contribution is 2.28. The minimum Gasteiger partial charge on any atom is -0.319 e. The summed E-state index contributed by atoms with van der Waals surface area (Å²) in [4.78, 5) is 2.59. The van der Waals surface area contributed by atoms with Gasteiger partial charge in [-0.2, -0.15) is 0 Å². The summed E-state index contributed by atoms with van der Waals surface area (Å²) in [5, 5.41) is 3.25. The Hall–Kier alpha value is -0.860. The lowest BCUT2D eigenvalue weighted by atomic mass is 9.85. The van der Waals surface area contributed by atoms with Crippen molar-refractivity contribution >= 4 is 0 Å². The lowest BCUT2D eigenvalue weighted by Crippen LogP contribution is -2.38. The van der Waals surface area contributed by atoms with Gasteiger partial charge in [0.05, 0.1) is 0 Å². The van der Waals surface area contributed by atoms with E-state index in [1.807, 2.05) is 7.05 Å². The maximum Gasteiger partial charge on any atom is 0.0236 e. The Morgan fingerprint density at radius 2 is 1.85 bits per heavy atom. The first kappa shape index (κ1) is 15.5. The standard InChI is InChI=1S/C18H30N2/c1-15-8-4-7-11-18(15)20(3)14-17-10-6-5-9-16(17)12-13-19-2/h5-6,9-10,15,18-19H,4,7-8,11-14H2,1-3H3. The number of likely N-dealkylation sites (N-methyl/N-ethyl adjacent to an activating group) is 1. The monoisotopic (exact) mass is 274 g/mol. The van der Waals surface area contributed by atoms with Crippen LogP contribution < -0.4 is 5.32 Å². The molecule has 0 heterocycles. The van der Waals surface area contributed by atoms with Crippen LogP contribution >= 0.6 is 0 Å². The van der Waals surface area contributed by atoms with Gasteiger partial charge in [0, 0.05) is 12.6 Å². The van der Waals surface area contributed by atoms with Crippen LogP contribution in [-0.2, 0) is 13.0 Å². The van der Waals surface area contributed by atoms with E-state index in [2.05, 4.69) is 48.5 Å². The summed E-state index contributed by atoms with van der Waals surface area (Å²) in [6.07, 6.45) is 6.72. The predicted molar refractivity (Wildman–Crippen MR) is 87.0 cm³/mol. The first-order chi connectivity index (χ1) is 9.72. The molecule has 2 atom stereocenters. The summed E-state index contributed by atoms with van der Waals surface area (Å²) >= 11 is 0. The van der Waals surface area contributed by atoms with Crippen LogP contribution in [0.15, 0.2) is 24.3 Å². The second kappa shape index (κ2) is 7.80. The molecule has 2 unspecified atom stereocenters. The number of rotatable bonds is 6. The molecule has 1 aliphatic rings. The topological polar surface area (TPSA) is 15.3 Å². The molecular formula is C18H30N2. The third-order valence-corrected chi connectivity index (χ3v) is 4.81. The van der Waals surface area contributed by atoms with E-state index in [1.165, 1.54) is 36.8 Å². The zero-order valence-electron chi connectivity index (χ0n) is 13.4. The van der Waals surface area contributed by atoms with E-state index in [9.17, 15) is 0 Å². The van der Waals surface area contributed by atoms with Gasteiger partial charge in [0.2, 0.25) is 0 Å². The van der Waals surface area contributed by atoms with E-state index in [4.69, 9.17) is 0 Å². The van der Waals surface area contributed by atoms with Gasteiger partial charge in [-0.1, -0.05) is 44.0 Å². The SMILES string of the molecule is CNCCc1ccccc1CN(C)C1CCCCC1C. The molecule has 0 spiro atoms. The summed E-state index contributed by atoms with van der Waals surface area (Å²) < 4.78 is 0. The van der Waals surface area contributed by atoms with Gasteiger partial charge < -0.3 is 5.32 Å². The van der Waals surface area contributed by atoms with Crippen LogP contribution in [0.3, 0.4) is 0 Å². The summed E-state index contributed by atoms with van der Waals surface area (Å²) in [5.74, 6) is 0.846. The quantitative estimate of drug-likeness (QED) is 0.854. The highest BCUT2D eigenvalue weighted by Gasteiger charge is 2.25. The van der Waals surface area contributed by atoms with E-state index in [0.717, 1.165) is 31.5 Å². The fraction of sp³-hybridized carbons (Fsp3) is 0.667. The van der Waals surface area contributed by atoms with E-state index in [0.29, 0.717) is 0 Å². The van der Waals surface area contributed by atoms with Gasteiger partial charge in [0.1, 0.15) is 0 Å². The van der Waals surface area contributed by atoms with Gasteiger partial charge in [0.25, 0.3) is 0 Å². The maximum absolute atomic E-state index is 3.25. The summed E-state index contributed by atoms with van der Waals surface area (Å²) in [6, 6.07) is 9.69. The fourth-order valence-corrected chi connectivity index (χ4v) is 3.55. The van der Waals surface area contributed by atoms with E-state index < -0.39 is 0 Å². The number of nitrogens with zero attached hydrogens (tertiary/aromatic N) is 1. The highest BCUT2D eigenvalue weighted by atomic mass is 15.1. The minimum absolute atomic E-state index is 0.765. The van der Waals surface area contributed by atoms with Crippen molar-refractivity contribution in [3.05, 3.63) is 35.4 Å². The molecule has 1 N–H and O–H groups in total. The molecule has 2 heteroatoms. The number of hydrogen-bond donors (Lipinski definition) is 1. The molecule has 1 aromatic rings. The molecule has 2 nitrogen and oxygen atoms in total. The molecule has 1 aromatic carbocycles. The number of hydrogen-bond acceptors (Lipinski definition) is 2. The third kappa shape index (κ3) is 4.07. The molecule has 0 aromatic heterocycles. The van der Waals surface area contributed by atoms with Crippen molar-refractivity contribution < 1.29 is 0 Å². The van der Waals surface area contributed by atoms with E-state index in [1.54, 1.807) is 0 Å². The van der Waals surface area contributed by atoms with Gasteiger partial charge in [0.15, 0.2) is 0 Å². The Morgan fingerprint density at radius 3 is 2.55 bits per heavy atom. The minimum atomic E-state index is 0.765. The van der Waals surface area contributed by atoms with E-state index >= 15 is 0 Å². The largest absolute Gasteiger partial charge is 0.319 e. The molecule has 0 saturated heterocycles. The molecule has 1 saturated carbocycles. The van der Waals surface area contributed by atoms with Crippen molar-refractivity contribution in [2.24, 2.45) is 5.92 Å². The Morgan fingerprint density at radius 1 is 1.15 bits per heavy atom. The lowest BCUT2D eigenvalue weighted by molar-refractivity contribution is 0.133. The number of nitrogens with one attached hydrogen (secondary N) is 1. The van der Waals surface area contributed by atoms with Crippen molar-refractivity contribution in [3.63, 3.8) is 0 Å². The smallest absolute Gasteiger partial charge is 0.0236 e. The first-order valence-corrected chi connectivity index (χ1v) is 8.14. The summed E-state index contributed by atoms with van der Waals surface area (Å²) in [6.45, 7) is 4.57.